The number of nitrogens with zero attached hydrogens (tertiary/aromatic N) is 3. The summed E-state index contributed by atoms with van der Waals surface area (Å²) in [5, 5.41) is 0.965. The van der Waals surface area contributed by atoms with Crippen molar-refractivity contribution in [2.75, 3.05) is 22.9 Å². The molecule has 0 spiro atoms. The molecule has 0 N–H and O–H groups in total. The maximum Gasteiger partial charge on any atom is 0.228 e. The average Bonchev–Trinajstić information content (AvgIpc) is 2.68. The van der Waals surface area contributed by atoms with E-state index in [2.05, 4.69) is 4.98 Å². The zero-order valence-electron chi connectivity index (χ0n) is 16.6. The van der Waals surface area contributed by atoms with Crippen molar-refractivity contribution in [3.8, 4) is 0 Å². The molecule has 0 aliphatic rings. The molecule has 1 aromatic heterocycles. The molecule has 0 aliphatic carbocycles. The first-order valence-electron chi connectivity index (χ1n) is 9.50. The number of aromatic nitrogens is 1. The van der Waals surface area contributed by atoms with Gasteiger partial charge in [0, 0.05) is 43.7 Å². The number of benzene rings is 2. The second kappa shape index (κ2) is 8.65. The summed E-state index contributed by atoms with van der Waals surface area (Å²) in [6, 6.07) is 17.5. The molecule has 28 heavy (non-hydrogen) atoms. The molecule has 3 rings (SSSR count). The summed E-state index contributed by atoms with van der Waals surface area (Å²) in [4.78, 5) is 33.0. The summed E-state index contributed by atoms with van der Waals surface area (Å²) in [6.45, 7) is 6.37. The number of anilines is 2. The fourth-order valence-corrected chi connectivity index (χ4v) is 3.39. The van der Waals surface area contributed by atoms with Crippen molar-refractivity contribution < 1.29 is 9.59 Å². The first-order valence-corrected chi connectivity index (χ1v) is 9.50. The highest BCUT2D eigenvalue weighted by Gasteiger charge is 2.19. The molecule has 0 radical (unpaired) electrons. The molecular weight excluding hydrogens is 350 g/mol. The second-order valence-corrected chi connectivity index (χ2v) is 6.75. The van der Waals surface area contributed by atoms with Crippen LogP contribution in [-0.2, 0) is 9.59 Å². The Hall–Kier alpha value is -3.21. The van der Waals surface area contributed by atoms with Crippen LogP contribution >= 0.6 is 0 Å². The van der Waals surface area contributed by atoms with E-state index in [0.29, 0.717) is 13.1 Å². The summed E-state index contributed by atoms with van der Waals surface area (Å²) in [5.74, 6) is -0.114. The fraction of sp³-hybridized carbons (Fsp3) is 0.261. The number of pyridine rings is 1. The zero-order chi connectivity index (χ0) is 20.1. The number of hydrogen-bond donors (Lipinski definition) is 0. The predicted octanol–water partition coefficient (Wildman–Crippen LogP) is 4.34. The fourth-order valence-electron chi connectivity index (χ4n) is 3.39. The Morgan fingerprint density at radius 3 is 2.46 bits per heavy atom. The maximum absolute atomic E-state index is 12.9. The zero-order valence-corrected chi connectivity index (χ0v) is 16.6. The maximum atomic E-state index is 12.9. The number of amides is 2. The van der Waals surface area contributed by atoms with E-state index in [9.17, 15) is 9.59 Å². The van der Waals surface area contributed by atoms with E-state index in [1.807, 2.05) is 68.4 Å². The summed E-state index contributed by atoms with van der Waals surface area (Å²) in [7, 11) is 0. The Morgan fingerprint density at radius 1 is 1.00 bits per heavy atom. The molecule has 5 nitrogen and oxygen atoms in total. The molecule has 1 heterocycles. The van der Waals surface area contributed by atoms with Gasteiger partial charge >= 0.3 is 0 Å². The minimum atomic E-state index is -0.107. The van der Waals surface area contributed by atoms with Crippen LogP contribution in [0.2, 0.25) is 0 Å². The van der Waals surface area contributed by atoms with Gasteiger partial charge in [-0.3, -0.25) is 14.6 Å². The van der Waals surface area contributed by atoms with E-state index >= 15 is 0 Å². The largest absolute Gasteiger partial charge is 0.313 e. The number of fused-ring (bicyclic) bond motifs is 1. The van der Waals surface area contributed by atoms with Crippen LogP contribution in [-0.4, -0.2) is 29.9 Å². The number of hydrogen-bond acceptors (Lipinski definition) is 3. The molecule has 0 saturated carbocycles. The van der Waals surface area contributed by atoms with Gasteiger partial charge in [0.2, 0.25) is 11.8 Å². The Balaban J connectivity index is 1.81. The van der Waals surface area contributed by atoms with Gasteiger partial charge in [0.05, 0.1) is 11.2 Å². The lowest BCUT2D eigenvalue weighted by Crippen LogP contribution is -2.36. The van der Waals surface area contributed by atoms with Crippen LogP contribution in [0.3, 0.4) is 0 Å². The van der Waals surface area contributed by atoms with Crippen LogP contribution in [0.15, 0.2) is 60.8 Å². The SMILES string of the molecule is CCN(C(=O)CCN(C(C)=O)c1cccc2cccnc12)c1cccc(C)c1. The van der Waals surface area contributed by atoms with Gasteiger partial charge in [-0.25, -0.2) is 0 Å². The molecule has 0 saturated heterocycles. The third-order valence-electron chi connectivity index (χ3n) is 4.76. The molecule has 5 heteroatoms. The first kappa shape index (κ1) is 19.5. The minimum Gasteiger partial charge on any atom is -0.313 e. The van der Waals surface area contributed by atoms with Crippen molar-refractivity contribution in [3.05, 3.63) is 66.4 Å². The van der Waals surface area contributed by atoms with E-state index in [0.717, 1.165) is 27.8 Å². The Kier molecular flexibility index (Phi) is 6.04. The van der Waals surface area contributed by atoms with Gasteiger partial charge in [0.1, 0.15) is 0 Å². The van der Waals surface area contributed by atoms with Crippen LogP contribution in [0, 0.1) is 6.92 Å². The lowest BCUT2D eigenvalue weighted by molar-refractivity contribution is -0.118. The lowest BCUT2D eigenvalue weighted by atomic mass is 10.1. The van der Waals surface area contributed by atoms with E-state index < -0.39 is 0 Å². The Labute approximate surface area is 165 Å². The van der Waals surface area contributed by atoms with Crippen LogP contribution in [0.4, 0.5) is 11.4 Å². The molecule has 0 bridgehead atoms. The third-order valence-corrected chi connectivity index (χ3v) is 4.76. The number of rotatable bonds is 6. The summed E-state index contributed by atoms with van der Waals surface area (Å²) < 4.78 is 0. The smallest absolute Gasteiger partial charge is 0.228 e. The molecule has 0 atom stereocenters. The standard InChI is InChI=1S/C23H25N3O2/c1-4-25(20-11-5-8-17(2)16-20)22(28)13-15-26(18(3)27)21-12-6-9-19-10-7-14-24-23(19)21/h5-12,14,16H,4,13,15H2,1-3H3. The van der Waals surface area contributed by atoms with Crippen LogP contribution in [0.5, 0.6) is 0 Å². The topological polar surface area (TPSA) is 53.5 Å². The van der Waals surface area contributed by atoms with Gasteiger partial charge in [0.15, 0.2) is 0 Å². The molecule has 2 amide bonds. The van der Waals surface area contributed by atoms with Crippen LogP contribution in [0.1, 0.15) is 25.8 Å². The summed E-state index contributed by atoms with van der Waals surface area (Å²) in [5.41, 5.74) is 3.49. The Bertz CT molecular complexity index is 995. The van der Waals surface area contributed by atoms with E-state index in [1.165, 1.54) is 6.92 Å². The monoisotopic (exact) mass is 375 g/mol. The van der Waals surface area contributed by atoms with E-state index in [-0.39, 0.29) is 18.2 Å². The molecule has 0 aliphatic heterocycles. The summed E-state index contributed by atoms with van der Waals surface area (Å²) >= 11 is 0. The van der Waals surface area contributed by atoms with Crippen molar-refractivity contribution in [2.24, 2.45) is 0 Å². The number of carbonyl (C=O) groups is 2. The van der Waals surface area contributed by atoms with Gasteiger partial charge in [-0.15, -0.1) is 0 Å². The Morgan fingerprint density at radius 2 is 1.75 bits per heavy atom. The molecule has 3 aromatic rings. The van der Waals surface area contributed by atoms with Gasteiger partial charge in [0.25, 0.3) is 0 Å². The van der Waals surface area contributed by atoms with Crippen molar-refractivity contribution in [1.82, 2.24) is 4.98 Å². The predicted molar refractivity (Wildman–Crippen MR) is 114 cm³/mol. The molecule has 2 aromatic carbocycles. The number of carbonyl (C=O) groups excluding carboxylic acids is 2. The van der Waals surface area contributed by atoms with E-state index in [1.54, 1.807) is 16.0 Å². The van der Waals surface area contributed by atoms with Gasteiger partial charge in [-0.1, -0.05) is 30.3 Å². The highest BCUT2D eigenvalue weighted by atomic mass is 16.2. The lowest BCUT2D eigenvalue weighted by Gasteiger charge is -2.25. The minimum absolute atomic E-state index is 0.00690. The third kappa shape index (κ3) is 4.19. The number of para-hydroxylation sites is 1. The van der Waals surface area contributed by atoms with Crippen molar-refractivity contribution in [1.29, 1.82) is 0 Å². The molecule has 0 fully saturated rings. The first-order chi connectivity index (χ1) is 13.5. The van der Waals surface area contributed by atoms with Crippen LogP contribution < -0.4 is 9.80 Å². The molecular formula is C23H25N3O2. The van der Waals surface area contributed by atoms with Gasteiger partial charge < -0.3 is 9.80 Å². The second-order valence-electron chi connectivity index (χ2n) is 6.75. The normalized spacial score (nSPS) is 10.7. The average molecular weight is 375 g/mol. The number of aryl methyl sites for hydroxylation is 1. The quantitative estimate of drug-likeness (QED) is 0.644. The van der Waals surface area contributed by atoms with Gasteiger partial charge in [-0.05, 0) is 43.7 Å². The highest BCUT2D eigenvalue weighted by molar-refractivity contribution is 6.02. The molecule has 144 valence electrons. The van der Waals surface area contributed by atoms with Crippen molar-refractivity contribution in [3.63, 3.8) is 0 Å². The highest BCUT2D eigenvalue weighted by Crippen LogP contribution is 2.25. The molecule has 0 unspecified atom stereocenters. The van der Waals surface area contributed by atoms with Crippen molar-refractivity contribution in [2.45, 2.75) is 27.2 Å². The van der Waals surface area contributed by atoms with E-state index in [4.69, 9.17) is 0 Å². The van der Waals surface area contributed by atoms with Crippen LogP contribution in [0.25, 0.3) is 10.9 Å². The van der Waals surface area contributed by atoms with Crippen molar-refractivity contribution >= 4 is 34.1 Å². The van der Waals surface area contributed by atoms with Gasteiger partial charge in [-0.2, -0.15) is 0 Å². The summed E-state index contributed by atoms with van der Waals surface area (Å²) in [6.07, 6.45) is 1.95.